The van der Waals surface area contributed by atoms with Crippen molar-refractivity contribution in [1.29, 1.82) is 0 Å². The van der Waals surface area contributed by atoms with Crippen LogP contribution in [0.2, 0.25) is 0 Å². The van der Waals surface area contributed by atoms with Crippen LogP contribution in [-0.4, -0.2) is 31.2 Å². The second kappa shape index (κ2) is 7.95. The second-order valence-corrected chi connectivity index (χ2v) is 5.80. The Kier molecular flexibility index (Phi) is 5.96. The van der Waals surface area contributed by atoms with Gasteiger partial charge in [0.1, 0.15) is 0 Å². The summed E-state index contributed by atoms with van der Waals surface area (Å²) in [7, 11) is 0. The van der Waals surface area contributed by atoms with Crippen LogP contribution in [0, 0.1) is 0 Å². The summed E-state index contributed by atoms with van der Waals surface area (Å²) in [5, 5.41) is 17.3. The van der Waals surface area contributed by atoms with Gasteiger partial charge >= 0.3 is 0 Å². The number of nitrogens with zero attached hydrogens (tertiary/aromatic N) is 4. The fourth-order valence-electron chi connectivity index (χ4n) is 1.60. The van der Waals surface area contributed by atoms with Gasteiger partial charge in [0.25, 0.3) is 11.9 Å². The molecule has 0 radical (unpaired) electrons. The summed E-state index contributed by atoms with van der Waals surface area (Å²) in [5.74, 6) is -0.0411. The van der Waals surface area contributed by atoms with E-state index in [0.29, 0.717) is 12.1 Å². The van der Waals surface area contributed by atoms with Crippen molar-refractivity contribution in [3.05, 3.63) is 34.3 Å². The zero-order valence-corrected chi connectivity index (χ0v) is 14.3. The summed E-state index contributed by atoms with van der Waals surface area (Å²) in [6.07, 6.45) is 2.02. The average molecular weight is 383 g/mol. The fraction of sp³-hybridized carbons (Fsp3) is 0.308. The number of carbonyl (C=O) groups is 1. The molecule has 22 heavy (non-hydrogen) atoms. The van der Waals surface area contributed by atoms with E-state index >= 15 is 0 Å². The molecule has 0 atom stereocenters. The zero-order valence-electron chi connectivity index (χ0n) is 11.9. The van der Waals surface area contributed by atoms with E-state index < -0.39 is 0 Å². The molecule has 0 saturated carbocycles. The highest BCUT2D eigenvalue weighted by Gasteiger charge is 2.10. The number of thiocarbonyl (C=S) groups is 1. The van der Waals surface area contributed by atoms with E-state index in [0.717, 1.165) is 17.3 Å². The number of halogens is 1. The van der Waals surface area contributed by atoms with Gasteiger partial charge in [0.05, 0.1) is 6.54 Å². The summed E-state index contributed by atoms with van der Waals surface area (Å²) in [6.45, 7) is 2.78. The third-order valence-electron chi connectivity index (χ3n) is 2.72. The largest absolute Gasteiger partial charge is 0.299 e. The van der Waals surface area contributed by atoms with E-state index in [1.807, 2.05) is 0 Å². The van der Waals surface area contributed by atoms with Crippen LogP contribution in [0.5, 0.6) is 0 Å². The molecule has 0 saturated heterocycles. The first-order valence-corrected chi connectivity index (χ1v) is 7.94. The summed E-state index contributed by atoms with van der Waals surface area (Å²) in [5.41, 5.74) is 0.506. The molecule has 0 unspecified atom stereocenters. The molecule has 1 amide bonds. The molecular formula is C13H15BrN6OS. The number of hydrogen-bond acceptors (Lipinski definition) is 5. The normalized spacial score (nSPS) is 10.3. The first-order valence-electron chi connectivity index (χ1n) is 6.74. The number of benzene rings is 1. The predicted molar refractivity (Wildman–Crippen MR) is 90.6 cm³/mol. The molecule has 116 valence electrons. The number of amides is 1. The molecular weight excluding hydrogens is 368 g/mol. The second-order valence-electron chi connectivity index (χ2n) is 4.48. The minimum Gasteiger partial charge on any atom is -0.299 e. The van der Waals surface area contributed by atoms with E-state index in [9.17, 15) is 4.79 Å². The molecule has 1 aromatic heterocycles. The van der Waals surface area contributed by atoms with Gasteiger partial charge in [0, 0.05) is 10.0 Å². The Morgan fingerprint density at radius 1 is 1.36 bits per heavy atom. The lowest BCUT2D eigenvalue weighted by molar-refractivity contribution is 0.0977. The minimum absolute atomic E-state index is 0.128. The number of unbranched alkanes of at least 4 members (excludes halogenated alkanes) is 1. The lowest BCUT2D eigenvalue weighted by Gasteiger charge is -2.06. The highest BCUT2D eigenvalue weighted by Crippen LogP contribution is 2.10. The summed E-state index contributed by atoms with van der Waals surface area (Å²) < 4.78 is 0.901. The number of carbonyl (C=O) groups excluding carboxylic acids is 1. The highest BCUT2D eigenvalue weighted by molar-refractivity contribution is 9.10. The average Bonchev–Trinajstić information content (AvgIpc) is 2.93. The fourth-order valence-corrected chi connectivity index (χ4v) is 2.05. The highest BCUT2D eigenvalue weighted by atomic mass is 79.9. The molecule has 2 rings (SSSR count). The smallest absolute Gasteiger partial charge is 0.269 e. The van der Waals surface area contributed by atoms with Gasteiger partial charge in [-0.25, -0.2) is 0 Å². The lowest BCUT2D eigenvalue weighted by atomic mass is 10.2. The van der Waals surface area contributed by atoms with Gasteiger partial charge in [-0.2, -0.15) is 4.80 Å². The van der Waals surface area contributed by atoms with Crippen molar-refractivity contribution in [1.82, 2.24) is 25.5 Å². The standard InChI is InChI=1S/C13H15BrN6OS/c1-2-3-8-20-18-12(17-19-20)16-13(22)15-11(21)9-4-6-10(14)7-5-9/h4-7H,2-3,8H2,1H3,(H2,15,16,18,21,22). The van der Waals surface area contributed by atoms with Gasteiger partial charge in [-0.3, -0.25) is 15.4 Å². The Morgan fingerprint density at radius 3 is 2.77 bits per heavy atom. The molecule has 9 heteroatoms. The summed E-state index contributed by atoms with van der Waals surface area (Å²) in [4.78, 5) is 13.5. The Hall–Kier alpha value is -1.87. The Balaban J connectivity index is 1.88. The quantitative estimate of drug-likeness (QED) is 0.772. The molecule has 1 heterocycles. The van der Waals surface area contributed by atoms with Crippen LogP contribution in [0.3, 0.4) is 0 Å². The predicted octanol–water partition coefficient (Wildman–Crippen LogP) is 2.36. The maximum Gasteiger partial charge on any atom is 0.269 e. The molecule has 0 aliphatic carbocycles. The monoisotopic (exact) mass is 382 g/mol. The molecule has 2 aromatic rings. The van der Waals surface area contributed by atoms with E-state index in [1.54, 1.807) is 24.3 Å². The number of hydrogen-bond donors (Lipinski definition) is 2. The molecule has 0 aliphatic heterocycles. The third-order valence-corrected chi connectivity index (χ3v) is 3.46. The molecule has 1 aromatic carbocycles. The minimum atomic E-state index is -0.302. The third kappa shape index (κ3) is 4.85. The van der Waals surface area contributed by atoms with Gasteiger partial charge in [-0.15, -0.1) is 5.10 Å². The van der Waals surface area contributed by atoms with Crippen molar-refractivity contribution in [2.75, 3.05) is 5.32 Å². The Labute approximate surface area is 141 Å². The molecule has 0 bridgehead atoms. The van der Waals surface area contributed by atoms with Gasteiger partial charge in [0.2, 0.25) is 0 Å². The summed E-state index contributed by atoms with van der Waals surface area (Å²) >= 11 is 8.38. The van der Waals surface area contributed by atoms with Crippen LogP contribution < -0.4 is 10.6 Å². The number of nitrogens with one attached hydrogen (secondary N) is 2. The molecule has 0 spiro atoms. The van der Waals surface area contributed by atoms with E-state index in [-0.39, 0.29) is 17.0 Å². The zero-order chi connectivity index (χ0) is 15.9. The van der Waals surface area contributed by atoms with Crippen LogP contribution in [0.1, 0.15) is 30.1 Å². The van der Waals surface area contributed by atoms with Crippen LogP contribution in [-0.2, 0) is 6.54 Å². The maximum absolute atomic E-state index is 12.0. The Bertz CT molecular complexity index is 657. The van der Waals surface area contributed by atoms with Crippen LogP contribution in [0.4, 0.5) is 5.95 Å². The number of anilines is 1. The van der Waals surface area contributed by atoms with Crippen molar-refractivity contribution in [3.63, 3.8) is 0 Å². The van der Waals surface area contributed by atoms with Crippen molar-refractivity contribution in [3.8, 4) is 0 Å². The number of rotatable bonds is 5. The molecule has 2 N–H and O–H groups in total. The van der Waals surface area contributed by atoms with Gasteiger partial charge in [0.15, 0.2) is 5.11 Å². The molecule has 7 nitrogen and oxygen atoms in total. The Morgan fingerprint density at radius 2 is 2.09 bits per heavy atom. The van der Waals surface area contributed by atoms with Gasteiger partial charge in [-0.1, -0.05) is 34.4 Å². The van der Waals surface area contributed by atoms with Crippen molar-refractivity contribution in [2.24, 2.45) is 0 Å². The van der Waals surface area contributed by atoms with E-state index in [4.69, 9.17) is 12.2 Å². The van der Waals surface area contributed by atoms with Crippen LogP contribution >= 0.6 is 28.1 Å². The first kappa shape index (κ1) is 16.5. The first-order chi connectivity index (χ1) is 10.6. The maximum atomic E-state index is 12.0. The van der Waals surface area contributed by atoms with Crippen molar-refractivity contribution in [2.45, 2.75) is 26.3 Å². The van der Waals surface area contributed by atoms with Crippen molar-refractivity contribution < 1.29 is 4.79 Å². The van der Waals surface area contributed by atoms with Crippen LogP contribution in [0.25, 0.3) is 0 Å². The van der Waals surface area contributed by atoms with Crippen LogP contribution in [0.15, 0.2) is 28.7 Å². The topological polar surface area (TPSA) is 84.7 Å². The summed E-state index contributed by atoms with van der Waals surface area (Å²) in [6, 6.07) is 6.96. The number of aromatic nitrogens is 4. The van der Waals surface area contributed by atoms with Gasteiger partial charge in [-0.05, 0) is 48.1 Å². The van der Waals surface area contributed by atoms with E-state index in [2.05, 4.69) is 48.9 Å². The molecule has 0 fully saturated rings. The molecule has 0 aliphatic rings. The van der Waals surface area contributed by atoms with Gasteiger partial charge < -0.3 is 0 Å². The number of tetrazole rings is 1. The number of aryl methyl sites for hydroxylation is 1. The lowest BCUT2D eigenvalue weighted by Crippen LogP contribution is -2.34. The van der Waals surface area contributed by atoms with Crippen molar-refractivity contribution >= 4 is 45.1 Å². The SMILES string of the molecule is CCCCn1nnc(NC(=S)NC(=O)c2ccc(Br)cc2)n1. The van der Waals surface area contributed by atoms with E-state index in [1.165, 1.54) is 4.80 Å².